The van der Waals surface area contributed by atoms with Crippen LogP contribution >= 0.6 is 15.9 Å². The average molecular weight is 322 g/mol. The minimum atomic E-state index is 0.210. The molecule has 0 spiro atoms. The molecule has 0 saturated heterocycles. The van der Waals surface area contributed by atoms with Gasteiger partial charge in [0, 0.05) is 6.07 Å². The molecule has 0 atom stereocenters. The predicted molar refractivity (Wildman–Crippen MR) is 74.7 cm³/mol. The highest BCUT2D eigenvalue weighted by Gasteiger charge is 2.14. The molecule has 0 aliphatic rings. The van der Waals surface area contributed by atoms with Crippen LogP contribution in [0.5, 0.6) is 11.5 Å². The molecule has 19 heavy (non-hydrogen) atoms. The summed E-state index contributed by atoms with van der Waals surface area (Å²) in [6.07, 6.45) is 0.646. The molecule has 2 aromatic rings. The summed E-state index contributed by atoms with van der Waals surface area (Å²) in [5, 5.41) is 0. The van der Waals surface area contributed by atoms with Gasteiger partial charge in [0.2, 0.25) is 0 Å². The zero-order valence-electron chi connectivity index (χ0n) is 10.3. The van der Waals surface area contributed by atoms with E-state index in [4.69, 9.17) is 9.47 Å². The lowest BCUT2D eigenvalue weighted by Crippen LogP contribution is -2.02. The van der Waals surface area contributed by atoms with Gasteiger partial charge in [-0.25, -0.2) is 4.98 Å². The molecular formula is C14H12BrNO3. The molecule has 0 radical (unpaired) electrons. The molecule has 0 unspecified atom stereocenters. The minimum Gasteiger partial charge on any atom is -0.493 e. The normalized spacial score (nSPS) is 10.0. The van der Waals surface area contributed by atoms with Gasteiger partial charge in [0.15, 0.2) is 17.8 Å². The summed E-state index contributed by atoms with van der Waals surface area (Å²) < 4.78 is 11.4. The van der Waals surface area contributed by atoms with E-state index < -0.39 is 0 Å². The van der Waals surface area contributed by atoms with Crippen LogP contribution in [0.25, 0.3) is 0 Å². The lowest BCUT2D eigenvalue weighted by atomic mass is 10.2. The first-order chi connectivity index (χ1) is 9.24. The van der Waals surface area contributed by atoms with Crippen molar-refractivity contribution in [2.24, 2.45) is 0 Å². The van der Waals surface area contributed by atoms with Crippen molar-refractivity contribution in [1.29, 1.82) is 0 Å². The van der Waals surface area contributed by atoms with Crippen LogP contribution in [0, 0.1) is 0 Å². The van der Waals surface area contributed by atoms with E-state index in [1.54, 1.807) is 6.07 Å². The number of hydrogen-bond acceptors (Lipinski definition) is 4. The summed E-state index contributed by atoms with van der Waals surface area (Å²) in [5.41, 5.74) is 1.21. The van der Waals surface area contributed by atoms with Crippen LogP contribution in [0.1, 0.15) is 16.1 Å². The molecule has 1 heterocycles. The van der Waals surface area contributed by atoms with Crippen molar-refractivity contribution < 1.29 is 14.3 Å². The van der Waals surface area contributed by atoms with Gasteiger partial charge in [0.25, 0.3) is 0 Å². The van der Waals surface area contributed by atoms with Gasteiger partial charge in [0.1, 0.15) is 16.9 Å². The van der Waals surface area contributed by atoms with Crippen molar-refractivity contribution in [1.82, 2.24) is 4.98 Å². The van der Waals surface area contributed by atoms with Gasteiger partial charge in [0.05, 0.1) is 7.11 Å². The van der Waals surface area contributed by atoms with Crippen molar-refractivity contribution in [2.75, 3.05) is 7.11 Å². The third-order valence-electron chi connectivity index (χ3n) is 2.49. The summed E-state index contributed by atoms with van der Waals surface area (Å²) in [4.78, 5) is 15.1. The van der Waals surface area contributed by atoms with E-state index in [0.717, 1.165) is 5.56 Å². The SMILES string of the molecule is COc1cc(Br)nc(C=O)c1OCc1ccccc1. The highest BCUT2D eigenvalue weighted by atomic mass is 79.9. The van der Waals surface area contributed by atoms with Crippen LogP contribution < -0.4 is 9.47 Å². The van der Waals surface area contributed by atoms with Crippen molar-refractivity contribution in [3.8, 4) is 11.5 Å². The van der Waals surface area contributed by atoms with Gasteiger partial charge < -0.3 is 9.47 Å². The molecule has 5 heteroatoms. The summed E-state index contributed by atoms with van der Waals surface area (Å²) in [6.45, 7) is 0.349. The molecule has 2 rings (SSSR count). The largest absolute Gasteiger partial charge is 0.493 e. The predicted octanol–water partition coefficient (Wildman–Crippen LogP) is 3.24. The second-order valence-corrected chi connectivity index (χ2v) is 4.57. The maximum Gasteiger partial charge on any atom is 0.190 e. The van der Waals surface area contributed by atoms with Crippen LogP contribution in [-0.2, 0) is 6.61 Å². The number of aldehydes is 1. The molecular weight excluding hydrogens is 310 g/mol. The van der Waals surface area contributed by atoms with Crippen molar-refractivity contribution in [3.05, 3.63) is 52.3 Å². The third-order valence-corrected chi connectivity index (χ3v) is 2.90. The second-order valence-electron chi connectivity index (χ2n) is 3.75. The number of halogens is 1. The van der Waals surface area contributed by atoms with Gasteiger partial charge in [-0.15, -0.1) is 0 Å². The Balaban J connectivity index is 2.26. The first-order valence-electron chi connectivity index (χ1n) is 5.61. The van der Waals surface area contributed by atoms with E-state index in [2.05, 4.69) is 20.9 Å². The maximum absolute atomic E-state index is 11.0. The molecule has 0 aliphatic carbocycles. The molecule has 1 aromatic heterocycles. The van der Waals surface area contributed by atoms with Crippen LogP contribution in [0.3, 0.4) is 0 Å². The number of hydrogen-bond donors (Lipinski definition) is 0. The number of pyridine rings is 1. The quantitative estimate of drug-likeness (QED) is 0.626. The number of carbonyl (C=O) groups excluding carboxylic acids is 1. The first-order valence-corrected chi connectivity index (χ1v) is 6.40. The number of aromatic nitrogens is 1. The molecule has 0 amide bonds. The fourth-order valence-electron chi connectivity index (χ4n) is 1.60. The molecule has 0 saturated carbocycles. The van der Waals surface area contributed by atoms with E-state index in [1.165, 1.54) is 7.11 Å². The topological polar surface area (TPSA) is 48.4 Å². The number of nitrogens with zero attached hydrogens (tertiary/aromatic N) is 1. The van der Waals surface area contributed by atoms with Gasteiger partial charge in [-0.05, 0) is 21.5 Å². The summed E-state index contributed by atoms with van der Waals surface area (Å²) in [5.74, 6) is 0.824. The van der Waals surface area contributed by atoms with E-state index in [-0.39, 0.29) is 5.69 Å². The van der Waals surface area contributed by atoms with E-state index in [9.17, 15) is 4.79 Å². The standard InChI is InChI=1S/C14H12BrNO3/c1-18-12-7-13(15)16-11(8-17)14(12)19-9-10-5-3-2-4-6-10/h2-8H,9H2,1H3. The molecule has 1 aromatic carbocycles. The Morgan fingerprint density at radius 2 is 2.05 bits per heavy atom. The Morgan fingerprint density at radius 1 is 1.32 bits per heavy atom. The number of benzene rings is 1. The number of carbonyl (C=O) groups is 1. The first kappa shape index (κ1) is 13.5. The van der Waals surface area contributed by atoms with Crippen LogP contribution in [0.15, 0.2) is 41.0 Å². The van der Waals surface area contributed by atoms with Crippen LogP contribution in [0.2, 0.25) is 0 Å². The van der Waals surface area contributed by atoms with Crippen molar-refractivity contribution in [2.45, 2.75) is 6.61 Å². The molecule has 0 fully saturated rings. The van der Waals surface area contributed by atoms with Crippen LogP contribution in [-0.4, -0.2) is 18.4 Å². The average Bonchev–Trinajstić information content (AvgIpc) is 2.46. The summed E-state index contributed by atoms with van der Waals surface area (Å²) in [7, 11) is 1.52. The monoisotopic (exact) mass is 321 g/mol. The van der Waals surface area contributed by atoms with Gasteiger partial charge in [-0.2, -0.15) is 0 Å². The van der Waals surface area contributed by atoms with E-state index >= 15 is 0 Å². The maximum atomic E-state index is 11.0. The Morgan fingerprint density at radius 3 is 2.68 bits per heavy atom. The highest BCUT2D eigenvalue weighted by molar-refractivity contribution is 9.10. The lowest BCUT2D eigenvalue weighted by molar-refractivity contribution is 0.111. The fraction of sp³-hybridized carbons (Fsp3) is 0.143. The minimum absolute atomic E-state index is 0.210. The number of methoxy groups -OCH3 is 1. The second kappa shape index (κ2) is 6.33. The van der Waals surface area contributed by atoms with Gasteiger partial charge >= 0.3 is 0 Å². The zero-order valence-corrected chi connectivity index (χ0v) is 11.9. The number of ether oxygens (including phenoxy) is 2. The number of rotatable bonds is 5. The fourth-order valence-corrected chi connectivity index (χ4v) is 2.00. The lowest BCUT2D eigenvalue weighted by Gasteiger charge is -2.12. The summed E-state index contributed by atoms with van der Waals surface area (Å²) in [6, 6.07) is 11.3. The molecule has 98 valence electrons. The van der Waals surface area contributed by atoms with Crippen molar-refractivity contribution >= 4 is 22.2 Å². The smallest absolute Gasteiger partial charge is 0.190 e. The highest BCUT2D eigenvalue weighted by Crippen LogP contribution is 2.32. The molecule has 0 bridgehead atoms. The zero-order chi connectivity index (χ0) is 13.7. The molecule has 0 N–H and O–H groups in total. The van der Waals surface area contributed by atoms with Gasteiger partial charge in [-0.1, -0.05) is 30.3 Å². The Bertz CT molecular complexity index is 572. The van der Waals surface area contributed by atoms with E-state index in [0.29, 0.717) is 29.0 Å². The Hall–Kier alpha value is -1.88. The van der Waals surface area contributed by atoms with Crippen molar-refractivity contribution in [3.63, 3.8) is 0 Å². The molecule has 4 nitrogen and oxygen atoms in total. The van der Waals surface area contributed by atoms with E-state index in [1.807, 2.05) is 30.3 Å². The molecule has 0 aliphatic heterocycles. The Kier molecular flexibility index (Phi) is 4.52. The third kappa shape index (κ3) is 3.32. The summed E-state index contributed by atoms with van der Waals surface area (Å²) >= 11 is 3.22. The van der Waals surface area contributed by atoms with Crippen LogP contribution in [0.4, 0.5) is 0 Å². The van der Waals surface area contributed by atoms with Gasteiger partial charge in [-0.3, -0.25) is 4.79 Å². The Labute approximate surface area is 119 Å².